The molecule has 114 valence electrons. The zero-order valence-electron chi connectivity index (χ0n) is 13.6. The second-order valence-corrected chi connectivity index (χ2v) is 4.23. The summed E-state index contributed by atoms with van der Waals surface area (Å²) in [4.78, 5) is 0. The van der Waals surface area contributed by atoms with Gasteiger partial charge in [-0.3, -0.25) is 0 Å². The Morgan fingerprint density at radius 1 is 0.900 bits per heavy atom. The van der Waals surface area contributed by atoms with Crippen LogP contribution in [0.5, 0.6) is 0 Å². The van der Waals surface area contributed by atoms with Gasteiger partial charge in [0.05, 0.1) is 0 Å². The van der Waals surface area contributed by atoms with E-state index in [-0.39, 0.29) is 28.5 Å². The zero-order chi connectivity index (χ0) is 14.0. The molecule has 2 heteroatoms. The van der Waals surface area contributed by atoms with Crippen molar-refractivity contribution in [2.45, 2.75) is 53.4 Å². The average molecular weight is 465 g/mol. The average Bonchev–Trinajstić information content (AvgIpc) is 2.45. The summed E-state index contributed by atoms with van der Waals surface area (Å²) in [5.74, 6) is 0. The maximum atomic E-state index is 5.86. The van der Waals surface area contributed by atoms with Crippen LogP contribution in [-0.2, 0) is 21.1 Å². The van der Waals surface area contributed by atoms with Crippen molar-refractivity contribution < 1.29 is 21.1 Å². The first-order valence-corrected chi connectivity index (χ1v) is 7.45. The van der Waals surface area contributed by atoms with Crippen LogP contribution in [-0.4, -0.2) is 0 Å². The molecule has 1 aromatic rings. The summed E-state index contributed by atoms with van der Waals surface area (Å²) >= 11 is 5.86. The van der Waals surface area contributed by atoms with E-state index in [1.807, 2.05) is 39.8 Å². The first-order chi connectivity index (χ1) is 8.77. The van der Waals surface area contributed by atoms with E-state index in [0.29, 0.717) is 0 Å². The van der Waals surface area contributed by atoms with E-state index >= 15 is 0 Å². The molecule has 0 atom stereocenters. The molecule has 0 spiro atoms. The molecule has 0 heterocycles. The third-order valence-electron chi connectivity index (χ3n) is 2.77. The van der Waals surface area contributed by atoms with Crippen molar-refractivity contribution in [1.82, 2.24) is 0 Å². The van der Waals surface area contributed by atoms with E-state index < -0.39 is 0 Å². The fraction of sp³-hybridized carbons (Fsp3) is 0.444. The van der Waals surface area contributed by atoms with Crippen molar-refractivity contribution in [3.63, 3.8) is 0 Å². The van der Waals surface area contributed by atoms with Crippen LogP contribution in [0.1, 0.15) is 58.9 Å². The van der Waals surface area contributed by atoms with Gasteiger partial charge in [-0.1, -0.05) is 77.1 Å². The van der Waals surface area contributed by atoms with Gasteiger partial charge in [0.25, 0.3) is 0 Å². The van der Waals surface area contributed by atoms with Crippen LogP contribution < -0.4 is 0 Å². The van der Waals surface area contributed by atoms with Crippen molar-refractivity contribution in [1.29, 1.82) is 0 Å². The normalized spacial score (nSPS) is 12.7. The Hall–Kier alpha value is -0.192. The number of benzene rings is 1. The Labute approximate surface area is 146 Å². The summed E-state index contributed by atoms with van der Waals surface area (Å²) in [7, 11) is 0. The molecule has 0 radical (unpaired) electrons. The Kier molecular flexibility index (Phi) is 18.9. The van der Waals surface area contributed by atoms with E-state index in [2.05, 4.69) is 19.1 Å². The summed E-state index contributed by atoms with van der Waals surface area (Å²) in [5.41, 5.74) is 4.02. The van der Waals surface area contributed by atoms with Gasteiger partial charge in [-0.2, -0.15) is 5.57 Å². The van der Waals surface area contributed by atoms with E-state index in [9.17, 15) is 0 Å². The van der Waals surface area contributed by atoms with Gasteiger partial charge >= 0.3 is 21.1 Å². The zero-order valence-corrected chi connectivity index (χ0v) is 17.3. The molecule has 20 heavy (non-hydrogen) atoms. The van der Waals surface area contributed by atoms with Gasteiger partial charge in [0.2, 0.25) is 0 Å². The van der Waals surface area contributed by atoms with Gasteiger partial charge in [-0.15, -0.1) is 5.56 Å². The number of halogens is 1. The second kappa shape index (κ2) is 15.2. The molecule has 0 N–H and O–H groups in total. The molecule has 0 amide bonds. The largest absolute Gasteiger partial charge is 2.00 e. The SMILES string of the molecule is CC.CC.[CH2-]C1=C(c2ccc(Cl)cc2)CCCC1.[CH3-].[W+2]. The first kappa shape index (κ1) is 24.8. The molecule has 0 unspecified atom stereocenters. The predicted octanol–water partition coefficient (Wildman–Crippen LogP) is 7.00. The maximum Gasteiger partial charge on any atom is 2.00 e. The Morgan fingerprint density at radius 2 is 1.35 bits per heavy atom. The third kappa shape index (κ3) is 8.17. The van der Waals surface area contributed by atoms with Gasteiger partial charge in [-0.05, 0) is 12.1 Å². The Bertz CT molecular complexity index is 352. The van der Waals surface area contributed by atoms with E-state index in [1.165, 1.54) is 36.0 Å². The number of hydrogen-bond donors (Lipinski definition) is 0. The molecule has 0 fully saturated rings. The minimum absolute atomic E-state index is 0. The quantitative estimate of drug-likeness (QED) is 0.392. The van der Waals surface area contributed by atoms with Gasteiger partial charge in [0.15, 0.2) is 0 Å². The minimum atomic E-state index is 0. The fourth-order valence-electron chi connectivity index (χ4n) is 1.97. The predicted molar refractivity (Wildman–Crippen MR) is 91.3 cm³/mol. The fourth-order valence-corrected chi connectivity index (χ4v) is 2.09. The van der Waals surface area contributed by atoms with E-state index in [4.69, 9.17) is 11.6 Å². The van der Waals surface area contributed by atoms with Crippen molar-refractivity contribution in [3.8, 4) is 0 Å². The summed E-state index contributed by atoms with van der Waals surface area (Å²) < 4.78 is 0. The first-order valence-electron chi connectivity index (χ1n) is 7.07. The minimum Gasteiger partial charge on any atom is -0.358 e. The molecule has 0 aromatic heterocycles. The molecule has 2 rings (SSSR count). The Balaban J connectivity index is -0.000000444. The van der Waals surface area contributed by atoms with Crippen molar-refractivity contribution >= 4 is 17.2 Å². The smallest absolute Gasteiger partial charge is 0.358 e. The van der Waals surface area contributed by atoms with Crippen LogP contribution in [0.2, 0.25) is 5.02 Å². The number of rotatable bonds is 1. The van der Waals surface area contributed by atoms with Crippen LogP contribution in [0.4, 0.5) is 0 Å². The van der Waals surface area contributed by atoms with Crippen LogP contribution in [0.25, 0.3) is 5.57 Å². The van der Waals surface area contributed by atoms with Crippen molar-refractivity contribution in [2.24, 2.45) is 0 Å². The Morgan fingerprint density at radius 3 is 1.80 bits per heavy atom. The second-order valence-electron chi connectivity index (χ2n) is 3.80. The number of hydrogen-bond acceptors (Lipinski definition) is 0. The summed E-state index contributed by atoms with van der Waals surface area (Å²) in [6, 6.07) is 8.08. The van der Waals surface area contributed by atoms with Gasteiger partial charge in [0, 0.05) is 5.02 Å². The van der Waals surface area contributed by atoms with Crippen molar-refractivity contribution in [2.75, 3.05) is 0 Å². The van der Waals surface area contributed by atoms with Gasteiger partial charge in [0.1, 0.15) is 0 Å². The molecule has 1 aromatic carbocycles. The molecular weight excluding hydrogens is 435 g/mol. The molecule has 0 saturated heterocycles. The molecule has 1 aliphatic carbocycles. The molecule has 0 saturated carbocycles. The molecule has 0 aliphatic heterocycles. The van der Waals surface area contributed by atoms with Crippen LogP contribution >= 0.6 is 11.6 Å². The van der Waals surface area contributed by atoms with Gasteiger partial charge in [-0.25, -0.2) is 12.5 Å². The maximum absolute atomic E-state index is 5.86. The van der Waals surface area contributed by atoms with Crippen LogP contribution in [0.15, 0.2) is 29.8 Å². The molecule has 0 bridgehead atoms. The van der Waals surface area contributed by atoms with E-state index in [0.717, 1.165) is 11.4 Å². The molecular formula is C18H29ClW. The van der Waals surface area contributed by atoms with Crippen LogP contribution in [0, 0.1) is 14.4 Å². The standard InChI is InChI=1S/C13H14Cl.2C2H6.CH3.W/c1-10-4-2-3-5-13(10)11-6-8-12(14)9-7-11;2*1-2;;/h6-9H,1-5H2;2*1-2H3;1H3;/q-1;;;-1;+2. The summed E-state index contributed by atoms with van der Waals surface area (Å²) in [6.07, 6.45) is 4.89. The topological polar surface area (TPSA) is 0 Å². The van der Waals surface area contributed by atoms with Crippen molar-refractivity contribution in [3.05, 3.63) is 54.8 Å². The summed E-state index contributed by atoms with van der Waals surface area (Å²) in [5, 5.41) is 0.802. The molecule has 1 aliphatic rings. The number of allylic oxidation sites excluding steroid dienone is 2. The molecule has 0 nitrogen and oxygen atoms in total. The van der Waals surface area contributed by atoms with E-state index in [1.54, 1.807) is 0 Å². The van der Waals surface area contributed by atoms with Gasteiger partial charge < -0.3 is 7.43 Å². The third-order valence-corrected chi connectivity index (χ3v) is 3.03. The van der Waals surface area contributed by atoms with Crippen LogP contribution in [0.3, 0.4) is 0 Å². The summed E-state index contributed by atoms with van der Waals surface area (Å²) in [6.45, 7) is 12.1. The monoisotopic (exact) mass is 464 g/mol.